The molecule has 0 fully saturated rings. The number of imidazole rings is 1. The van der Waals surface area contributed by atoms with E-state index in [0.717, 1.165) is 0 Å². The second-order valence-electron chi connectivity index (χ2n) is 4.20. The Morgan fingerprint density at radius 1 is 1.30 bits per heavy atom. The number of aromatic amines is 1. The van der Waals surface area contributed by atoms with Gasteiger partial charge in [-0.3, -0.25) is 0 Å². The number of halogens is 2. The number of aromatic carboxylic acids is 1. The quantitative estimate of drug-likeness (QED) is 0.787. The van der Waals surface area contributed by atoms with Crippen LogP contribution in [-0.4, -0.2) is 15.9 Å². The number of carboxylic acid groups (broad SMARTS) is 1. The van der Waals surface area contributed by atoms with Gasteiger partial charge in [-0.1, -0.05) is 35.9 Å². The number of carbonyl (C=O) groups is 1. The predicted octanol–water partition coefficient (Wildman–Crippen LogP) is 2.39. The van der Waals surface area contributed by atoms with Crippen molar-refractivity contribution in [2.45, 2.75) is 0 Å². The van der Waals surface area contributed by atoms with Crippen molar-refractivity contribution in [2.75, 3.05) is 0 Å². The van der Waals surface area contributed by atoms with E-state index in [4.69, 9.17) is 11.6 Å². The molecule has 3 rings (SSSR count). The maximum atomic E-state index is 13.4. The van der Waals surface area contributed by atoms with Gasteiger partial charge in [0.1, 0.15) is 11.6 Å². The van der Waals surface area contributed by atoms with Gasteiger partial charge < -0.3 is 14.9 Å². The number of rotatable bonds is 2. The Kier molecular flexibility index (Phi) is 2.91. The summed E-state index contributed by atoms with van der Waals surface area (Å²) in [6.45, 7) is 0. The lowest BCUT2D eigenvalue weighted by Crippen LogP contribution is -2.23. The number of nitrogens with one attached hydrogen (secondary N) is 1. The summed E-state index contributed by atoms with van der Waals surface area (Å²) in [6, 6.07) is 8.90. The van der Waals surface area contributed by atoms with Crippen LogP contribution in [0.1, 0.15) is 10.4 Å². The molecule has 3 aromatic rings. The number of carbonyl (C=O) groups excluding carboxylic acids is 1. The second kappa shape index (κ2) is 4.61. The van der Waals surface area contributed by atoms with Gasteiger partial charge in [0.25, 0.3) is 0 Å². The Labute approximate surface area is 117 Å². The number of hydrogen-bond donors (Lipinski definition) is 1. The molecule has 0 aliphatic carbocycles. The number of benzene rings is 2. The molecule has 0 aliphatic rings. The van der Waals surface area contributed by atoms with Gasteiger partial charge in [0, 0.05) is 17.2 Å². The zero-order chi connectivity index (χ0) is 14.3. The highest BCUT2D eigenvalue weighted by Gasteiger charge is 2.12. The van der Waals surface area contributed by atoms with Crippen molar-refractivity contribution in [2.24, 2.45) is 0 Å². The van der Waals surface area contributed by atoms with E-state index in [1.807, 2.05) is 0 Å². The molecule has 100 valence electrons. The van der Waals surface area contributed by atoms with Crippen molar-refractivity contribution in [3.05, 3.63) is 52.8 Å². The van der Waals surface area contributed by atoms with Gasteiger partial charge >= 0.3 is 0 Å². The average Bonchev–Trinajstić information content (AvgIpc) is 2.82. The standard InChI is InChI=1S/C14H8ClFN2O2/c15-9-5-11-12(6-10(9)16)18-13(17-11)7-3-1-2-4-8(7)14(19)20/h1-6H,(H,17,18)(H,19,20)/p-1. The zero-order valence-corrected chi connectivity index (χ0v) is 10.7. The van der Waals surface area contributed by atoms with Crippen molar-refractivity contribution in [1.82, 2.24) is 9.97 Å². The largest absolute Gasteiger partial charge is 0.545 e. The fraction of sp³-hybridized carbons (Fsp3) is 0. The van der Waals surface area contributed by atoms with Crippen molar-refractivity contribution in [3.63, 3.8) is 0 Å². The molecule has 4 nitrogen and oxygen atoms in total. The molecular weight excluding hydrogens is 283 g/mol. The lowest BCUT2D eigenvalue weighted by atomic mass is 10.1. The Morgan fingerprint density at radius 2 is 2.05 bits per heavy atom. The molecule has 0 spiro atoms. The molecule has 6 heteroatoms. The predicted molar refractivity (Wildman–Crippen MR) is 70.8 cm³/mol. The third-order valence-corrected chi connectivity index (χ3v) is 3.22. The lowest BCUT2D eigenvalue weighted by Gasteiger charge is -2.07. The number of fused-ring (bicyclic) bond motifs is 1. The van der Waals surface area contributed by atoms with Crippen LogP contribution < -0.4 is 5.11 Å². The van der Waals surface area contributed by atoms with Crippen molar-refractivity contribution < 1.29 is 14.3 Å². The van der Waals surface area contributed by atoms with Gasteiger partial charge in [0.05, 0.1) is 22.0 Å². The number of carboxylic acids is 1. The Morgan fingerprint density at radius 3 is 2.80 bits per heavy atom. The number of hydrogen-bond acceptors (Lipinski definition) is 3. The number of aromatic nitrogens is 2. The summed E-state index contributed by atoms with van der Waals surface area (Å²) in [5.41, 5.74) is 1.29. The lowest BCUT2D eigenvalue weighted by molar-refractivity contribution is -0.254. The van der Waals surface area contributed by atoms with Crippen molar-refractivity contribution in [3.8, 4) is 11.4 Å². The van der Waals surface area contributed by atoms with Crippen LogP contribution in [0.5, 0.6) is 0 Å². The van der Waals surface area contributed by atoms with Crippen molar-refractivity contribution >= 4 is 28.6 Å². The molecule has 1 aromatic heterocycles. The first kappa shape index (κ1) is 12.6. The minimum atomic E-state index is -1.30. The highest BCUT2D eigenvalue weighted by molar-refractivity contribution is 6.31. The van der Waals surface area contributed by atoms with Gasteiger partial charge in [-0.15, -0.1) is 0 Å². The van der Waals surface area contributed by atoms with Gasteiger partial charge in [-0.25, -0.2) is 9.37 Å². The number of H-pyrrole nitrogens is 1. The molecule has 0 radical (unpaired) electrons. The topological polar surface area (TPSA) is 68.8 Å². The minimum Gasteiger partial charge on any atom is -0.545 e. The third kappa shape index (κ3) is 2.02. The van der Waals surface area contributed by atoms with E-state index < -0.39 is 11.8 Å². The highest BCUT2D eigenvalue weighted by atomic mass is 35.5. The van der Waals surface area contributed by atoms with Gasteiger partial charge in [0.2, 0.25) is 0 Å². The summed E-state index contributed by atoms with van der Waals surface area (Å²) in [6.07, 6.45) is 0. The van der Waals surface area contributed by atoms with Crippen LogP contribution in [0.4, 0.5) is 4.39 Å². The van der Waals surface area contributed by atoms with Crippen LogP contribution in [0.3, 0.4) is 0 Å². The summed E-state index contributed by atoms with van der Waals surface area (Å²) in [5, 5.41) is 11.0. The Bertz CT molecular complexity index is 790. The molecule has 0 amide bonds. The van der Waals surface area contributed by atoms with Gasteiger partial charge in [-0.2, -0.15) is 0 Å². The van der Waals surface area contributed by atoms with Crippen LogP contribution in [0, 0.1) is 5.82 Å². The molecule has 0 unspecified atom stereocenters. The first-order valence-corrected chi connectivity index (χ1v) is 6.09. The minimum absolute atomic E-state index is 0.0122. The van der Waals surface area contributed by atoms with E-state index in [1.165, 1.54) is 18.2 Å². The summed E-state index contributed by atoms with van der Waals surface area (Å²) >= 11 is 5.69. The summed E-state index contributed by atoms with van der Waals surface area (Å²) in [4.78, 5) is 18.2. The molecule has 20 heavy (non-hydrogen) atoms. The molecule has 0 saturated carbocycles. The maximum Gasteiger partial charge on any atom is 0.144 e. The Hall–Kier alpha value is -2.40. The fourth-order valence-corrected chi connectivity index (χ4v) is 2.16. The monoisotopic (exact) mass is 289 g/mol. The first-order chi connectivity index (χ1) is 9.56. The normalized spacial score (nSPS) is 10.9. The second-order valence-corrected chi connectivity index (χ2v) is 4.61. The first-order valence-electron chi connectivity index (χ1n) is 5.72. The maximum absolute atomic E-state index is 13.4. The zero-order valence-electron chi connectivity index (χ0n) is 9.98. The van der Waals surface area contributed by atoms with Gasteiger partial charge in [0.15, 0.2) is 0 Å². The Balaban J connectivity index is 2.23. The molecule has 0 aliphatic heterocycles. The van der Waals surface area contributed by atoms with E-state index in [0.29, 0.717) is 22.4 Å². The van der Waals surface area contributed by atoms with Crippen LogP contribution in [0.25, 0.3) is 22.4 Å². The molecular formula is C14H7ClFN2O2-. The molecule has 0 atom stereocenters. The molecule has 1 heterocycles. The van der Waals surface area contributed by atoms with Crippen LogP contribution in [-0.2, 0) is 0 Å². The van der Waals surface area contributed by atoms with Crippen molar-refractivity contribution in [1.29, 1.82) is 0 Å². The van der Waals surface area contributed by atoms with E-state index in [-0.39, 0.29) is 10.6 Å². The molecule has 1 N–H and O–H groups in total. The van der Waals surface area contributed by atoms with Crippen LogP contribution in [0.15, 0.2) is 36.4 Å². The van der Waals surface area contributed by atoms with E-state index >= 15 is 0 Å². The average molecular weight is 290 g/mol. The highest BCUT2D eigenvalue weighted by Crippen LogP contribution is 2.26. The SMILES string of the molecule is O=C([O-])c1ccccc1-c1nc2cc(Cl)c(F)cc2[nH]1. The van der Waals surface area contributed by atoms with E-state index in [2.05, 4.69) is 9.97 Å². The smallest absolute Gasteiger partial charge is 0.144 e. The summed E-state index contributed by atoms with van der Waals surface area (Å²) in [7, 11) is 0. The van der Waals surface area contributed by atoms with Crippen LogP contribution >= 0.6 is 11.6 Å². The molecule has 0 bridgehead atoms. The van der Waals surface area contributed by atoms with E-state index in [1.54, 1.807) is 18.2 Å². The fourth-order valence-electron chi connectivity index (χ4n) is 2.00. The van der Waals surface area contributed by atoms with Crippen LogP contribution in [0.2, 0.25) is 5.02 Å². The molecule has 0 saturated heterocycles. The molecule has 2 aromatic carbocycles. The van der Waals surface area contributed by atoms with Gasteiger partial charge in [-0.05, 0) is 6.07 Å². The number of nitrogens with zero attached hydrogens (tertiary/aromatic N) is 1. The van der Waals surface area contributed by atoms with E-state index in [9.17, 15) is 14.3 Å². The third-order valence-electron chi connectivity index (χ3n) is 2.93. The summed E-state index contributed by atoms with van der Waals surface area (Å²) in [5.74, 6) is -1.55. The summed E-state index contributed by atoms with van der Waals surface area (Å²) < 4.78 is 13.4.